The number of rotatable bonds is 7. The lowest BCUT2D eigenvalue weighted by Crippen LogP contribution is -2.56. The van der Waals surface area contributed by atoms with E-state index in [-0.39, 0.29) is 30.7 Å². The van der Waals surface area contributed by atoms with Gasteiger partial charge in [0.1, 0.15) is 0 Å². The van der Waals surface area contributed by atoms with Gasteiger partial charge in [0.05, 0.1) is 12.6 Å². The number of benzene rings is 1. The van der Waals surface area contributed by atoms with Gasteiger partial charge in [0, 0.05) is 12.1 Å². The summed E-state index contributed by atoms with van der Waals surface area (Å²) in [5, 5.41) is 15.1. The van der Waals surface area contributed by atoms with Gasteiger partial charge in [-0.3, -0.25) is 9.69 Å². The lowest BCUT2D eigenvalue weighted by atomic mass is 9.85. The quantitative estimate of drug-likeness (QED) is 0.686. The summed E-state index contributed by atoms with van der Waals surface area (Å²) in [4.78, 5) is 25.3. The van der Waals surface area contributed by atoms with E-state index in [9.17, 15) is 9.59 Å². The summed E-state index contributed by atoms with van der Waals surface area (Å²) < 4.78 is 0. The zero-order chi connectivity index (χ0) is 19.6. The molecule has 0 aliphatic heterocycles. The number of urea groups is 1. The molecule has 1 saturated carbocycles. The first-order valence-corrected chi connectivity index (χ1v) is 10.0. The summed E-state index contributed by atoms with van der Waals surface area (Å²) in [6.07, 6.45) is 3.57. The fourth-order valence-electron chi connectivity index (χ4n) is 4.19. The van der Waals surface area contributed by atoms with E-state index in [1.807, 2.05) is 11.8 Å². The summed E-state index contributed by atoms with van der Waals surface area (Å²) in [5.41, 5.74) is 3.89. The number of carbonyl (C=O) groups excluding carboxylic acids is 1. The summed E-state index contributed by atoms with van der Waals surface area (Å²) in [5.74, 6) is -0.323. The number of hydrogen-bond acceptors (Lipinski definition) is 3. The van der Waals surface area contributed by atoms with Crippen LogP contribution in [0.25, 0.3) is 0 Å². The van der Waals surface area contributed by atoms with Crippen molar-refractivity contribution in [2.45, 2.75) is 70.5 Å². The molecule has 0 saturated heterocycles. The molecule has 3 rings (SSSR count). The molecule has 1 aromatic carbocycles. The molecule has 0 radical (unpaired) electrons. The first-order chi connectivity index (χ1) is 12.9. The predicted octanol–water partition coefficient (Wildman–Crippen LogP) is 3.03. The van der Waals surface area contributed by atoms with E-state index in [2.05, 4.69) is 42.7 Å². The lowest BCUT2D eigenvalue weighted by molar-refractivity contribution is -0.139. The molecule has 2 aliphatic carbocycles. The highest BCUT2D eigenvalue weighted by atomic mass is 16.4. The van der Waals surface area contributed by atoms with Crippen molar-refractivity contribution in [3.63, 3.8) is 0 Å². The van der Waals surface area contributed by atoms with Crippen LogP contribution in [0.5, 0.6) is 0 Å². The highest BCUT2D eigenvalue weighted by Crippen LogP contribution is 2.33. The Morgan fingerprint density at radius 1 is 1.26 bits per heavy atom. The lowest BCUT2D eigenvalue weighted by Gasteiger charge is -2.42. The molecule has 0 spiro atoms. The van der Waals surface area contributed by atoms with Crippen LogP contribution in [0.4, 0.5) is 4.79 Å². The zero-order valence-electron chi connectivity index (χ0n) is 16.5. The molecule has 6 heteroatoms. The van der Waals surface area contributed by atoms with Crippen LogP contribution in [0.3, 0.4) is 0 Å². The average Bonchev–Trinajstić information content (AvgIpc) is 2.97. The van der Waals surface area contributed by atoms with Crippen molar-refractivity contribution in [1.82, 2.24) is 15.5 Å². The fourth-order valence-corrected chi connectivity index (χ4v) is 4.19. The number of carbonyl (C=O) groups is 2. The molecule has 0 bridgehead atoms. The molecule has 148 valence electrons. The topological polar surface area (TPSA) is 81.7 Å². The van der Waals surface area contributed by atoms with Gasteiger partial charge < -0.3 is 15.7 Å². The van der Waals surface area contributed by atoms with Gasteiger partial charge in [-0.05, 0) is 54.8 Å². The third-order valence-corrected chi connectivity index (χ3v) is 5.93. The standard InChI is InChI=1S/C21H31N3O3/c1-4-24(12-20(25)26)17-10-16(11-17)22-21(27)23-19-8-7-14-5-6-15(13(2)3)9-18(14)19/h5-6,9,13,16-17,19H,4,7-8,10-12H2,1-3H3,(H,25,26)(H2,22,23,27). The maximum absolute atomic E-state index is 12.4. The predicted molar refractivity (Wildman–Crippen MR) is 105 cm³/mol. The second kappa shape index (κ2) is 8.30. The van der Waals surface area contributed by atoms with Crippen LogP contribution >= 0.6 is 0 Å². The number of hydrogen-bond donors (Lipinski definition) is 3. The normalized spacial score (nSPS) is 23.8. The van der Waals surface area contributed by atoms with Gasteiger partial charge in [-0.2, -0.15) is 0 Å². The molecule has 1 fully saturated rings. The van der Waals surface area contributed by atoms with Crippen molar-refractivity contribution in [2.24, 2.45) is 0 Å². The zero-order valence-corrected chi connectivity index (χ0v) is 16.5. The molecule has 0 aromatic heterocycles. The van der Waals surface area contributed by atoms with E-state index in [4.69, 9.17) is 5.11 Å². The van der Waals surface area contributed by atoms with Crippen molar-refractivity contribution in [3.8, 4) is 0 Å². The monoisotopic (exact) mass is 373 g/mol. The van der Waals surface area contributed by atoms with Gasteiger partial charge in [-0.25, -0.2) is 4.79 Å². The maximum Gasteiger partial charge on any atom is 0.317 e. The number of amides is 2. The molecule has 0 heterocycles. The summed E-state index contributed by atoms with van der Waals surface area (Å²) in [6, 6.07) is 6.96. The number of carboxylic acids is 1. The molecule has 2 aliphatic rings. The number of aliphatic carboxylic acids is 1. The van der Waals surface area contributed by atoms with Crippen LogP contribution in [-0.4, -0.2) is 47.2 Å². The van der Waals surface area contributed by atoms with Crippen molar-refractivity contribution in [3.05, 3.63) is 34.9 Å². The van der Waals surface area contributed by atoms with Crippen LogP contribution in [0.2, 0.25) is 0 Å². The minimum Gasteiger partial charge on any atom is -0.480 e. The molecular formula is C21H31N3O3. The highest BCUT2D eigenvalue weighted by molar-refractivity contribution is 5.75. The Bertz CT molecular complexity index is 698. The van der Waals surface area contributed by atoms with Gasteiger partial charge in [0.2, 0.25) is 0 Å². The van der Waals surface area contributed by atoms with Crippen LogP contribution in [0.1, 0.15) is 68.7 Å². The van der Waals surface area contributed by atoms with Gasteiger partial charge in [0.15, 0.2) is 0 Å². The Morgan fingerprint density at radius 3 is 2.63 bits per heavy atom. The maximum atomic E-state index is 12.4. The largest absolute Gasteiger partial charge is 0.480 e. The van der Waals surface area contributed by atoms with Crippen molar-refractivity contribution in [2.75, 3.05) is 13.1 Å². The number of likely N-dealkylation sites (N-methyl/N-ethyl adjacent to an activating group) is 1. The molecule has 6 nitrogen and oxygen atoms in total. The second-order valence-electron chi connectivity index (χ2n) is 8.10. The third kappa shape index (κ3) is 4.61. The number of aryl methyl sites for hydroxylation is 1. The van der Waals surface area contributed by atoms with E-state index in [1.54, 1.807) is 0 Å². The number of carboxylic acid groups (broad SMARTS) is 1. The fraction of sp³-hybridized carbons (Fsp3) is 0.619. The van der Waals surface area contributed by atoms with E-state index >= 15 is 0 Å². The molecule has 3 N–H and O–H groups in total. The van der Waals surface area contributed by atoms with Gasteiger partial charge in [-0.1, -0.05) is 39.0 Å². The van der Waals surface area contributed by atoms with Crippen LogP contribution < -0.4 is 10.6 Å². The van der Waals surface area contributed by atoms with Gasteiger partial charge >= 0.3 is 12.0 Å². The first-order valence-electron chi connectivity index (χ1n) is 10.0. The van der Waals surface area contributed by atoms with E-state index in [0.717, 1.165) is 25.7 Å². The van der Waals surface area contributed by atoms with Crippen LogP contribution in [0.15, 0.2) is 18.2 Å². The third-order valence-electron chi connectivity index (χ3n) is 5.93. The first kappa shape index (κ1) is 19.7. The Kier molecular flexibility index (Phi) is 6.05. The molecule has 27 heavy (non-hydrogen) atoms. The second-order valence-corrected chi connectivity index (χ2v) is 8.10. The highest BCUT2D eigenvalue weighted by Gasteiger charge is 2.35. The number of nitrogens with zero attached hydrogens (tertiary/aromatic N) is 1. The molecule has 1 atom stereocenters. The average molecular weight is 373 g/mol. The summed E-state index contributed by atoms with van der Waals surface area (Å²) in [7, 11) is 0. The molecule has 1 aromatic rings. The van der Waals surface area contributed by atoms with E-state index < -0.39 is 5.97 Å². The SMILES string of the molecule is CCN(CC(=O)O)C1CC(NC(=O)NC2CCc3ccc(C(C)C)cc32)C1. The Morgan fingerprint density at radius 2 is 2.00 bits per heavy atom. The van der Waals surface area contributed by atoms with Crippen LogP contribution in [-0.2, 0) is 11.2 Å². The van der Waals surface area contributed by atoms with Gasteiger partial charge in [-0.15, -0.1) is 0 Å². The smallest absolute Gasteiger partial charge is 0.317 e. The van der Waals surface area contributed by atoms with Crippen LogP contribution in [0, 0.1) is 0 Å². The summed E-state index contributed by atoms with van der Waals surface area (Å²) >= 11 is 0. The Labute approximate surface area is 161 Å². The summed E-state index contributed by atoms with van der Waals surface area (Å²) in [6.45, 7) is 7.12. The number of fused-ring (bicyclic) bond motifs is 1. The molecule has 2 amide bonds. The van der Waals surface area contributed by atoms with Crippen molar-refractivity contribution < 1.29 is 14.7 Å². The Balaban J connectivity index is 1.49. The number of nitrogens with one attached hydrogen (secondary N) is 2. The van der Waals surface area contributed by atoms with Crippen molar-refractivity contribution in [1.29, 1.82) is 0 Å². The van der Waals surface area contributed by atoms with E-state index in [0.29, 0.717) is 12.5 Å². The minimum absolute atomic E-state index is 0.0666. The van der Waals surface area contributed by atoms with Crippen molar-refractivity contribution >= 4 is 12.0 Å². The van der Waals surface area contributed by atoms with Gasteiger partial charge in [0.25, 0.3) is 0 Å². The molecular weight excluding hydrogens is 342 g/mol. The Hall–Kier alpha value is -2.08. The minimum atomic E-state index is -0.799. The van der Waals surface area contributed by atoms with E-state index in [1.165, 1.54) is 16.7 Å². The molecule has 1 unspecified atom stereocenters.